The highest BCUT2D eigenvalue weighted by atomic mass is 16.6. The lowest BCUT2D eigenvalue weighted by Crippen LogP contribution is -2.54. The van der Waals surface area contributed by atoms with Crippen molar-refractivity contribution < 1.29 is 19.1 Å². The zero-order valence-electron chi connectivity index (χ0n) is 13.4. The molecule has 4 fully saturated rings. The maximum atomic E-state index is 13.0. The van der Waals surface area contributed by atoms with Gasteiger partial charge in [0.1, 0.15) is 0 Å². The largest absolute Gasteiger partial charge is 0.467 e. The summed E-state index contributed by atoms with van der Waals surface area (Å²) >= 11 is 0. The van der Waals surface area contributed by atoms with E-state index in [2.05, 4.69) is 11.8 Å². The highest BCUT2D eigenvalue weighted by Crippen LogP contribution is 2.55. The fourth-order valence-electron chi connectivity index (χ4n) is 4.55. The van der Waals surface area contributed by atoms with Crippen LogP contribution in [0.5, 0.6) is 0 Å². The van der Waals surface area contributed by atoms with Crippen molar-refractivity contribution in [3.63, 3.8) is 0 Å². The van der Waals surface area contributed by atoms with Crippen molar-refractivity contribution in [1.29, 1.82) is 0 Å². The van der Waals surface area contributed by atoms with Gasteiger partial charge in [0.15, 0.2) is 6.10 Å². The molecule has 0 spiro atoms. The molecule has 0 radical (unpaired) electrons. The lowest BCUT2D eigenvalue weighted by molar-refractivity contribution is -0.154. The Morgan fingerprint density at radius 1 is 1.14 bits per heavy atom. The Kier molecular flexibility index (Phi) is 3.44. The van der Waals surface area contributed by atoms with E-state index >= 15 is 0 Å². The molecule has 0 N–H and O–H groups in total. The van der Waals surface area contributed by atoms with Crippen LogP contribution in [0.4, 0.5) is 0 Å². The van der Waals surface area contributed by atoms with E-state index in [1.807, 2.05) is 0 Å². The van der Waals surface area contributed by atoms with Crippen LogP contribution in [-0.2, 0) is 19.1 Å². The quantitative estimate of drug-likeness (QED) is 0.745. The minimum absolute atomic E-state index is 0.00220. The van der Waals surface area contributed by atoms with Gasteiger partial charge in [0, 0.05) is 18.4 Å². The van der Waals surface area contributed by atoms with Crippen molar-refractivity contribution >= 4 is 11.9 Å². The predicted molar refractivity (Wildman–Crippen MR) is 78.9 cm³/mol. The second-order valence-electron chi connectivity index (χ2n) is 7.50. The Morgan fingerprint density at radius 2 is 1.91 bits per heavy atom. The van der Waals surface area contributed by atoms with Crippen molar-refractivity contribution in [2.24, 2.45) is 17.8 Å². The van der Waals surface area contributed by atoms with E-state index in [0.717, 1.165) is 25.2 Å². The van der Waals surface area contributed by atoms with Crippen molar-refractivity contribution in [2.75, 3.05) is 7.11 Å². The minimum Gasteiger partial charge on any atom is -0.467 e. The monoisotopic (exact) mass is 307 g/mol. The molecule has 122 valence electrons. The molecule has 5 heteroatoms. The van der Waals surface area contributed by atoms with Gasteiger partial charge in [-0.25, -0.2) is 4.79 Å². The number of carbonyl (C=O) groups is 2. The van der Waals surface area contributed by atoms with E-state index in [1.165, 1.54) is 20.0 Å². The molecule has 22 heavy (non-hydrogen) atoms. The number of amides is 1. The number of carbonyl (C=O) groups excluding carboxylic acids is 2. The fraction of sp³-hybridized carbons (Fsp3) is 0.882. The number of nitrogens with zero attached hydrogens (tertiary/aromatic N) is 1. The number of hydrogen-bond acceptors (Lipinski definition) is 4. The fourth-order valence-corrected chi connectivity index (χ4v) is 4.55. The smallest absolute Gasteiger partial charge is 0.335 e. The Balaban J connectivity index is 1.47. The summed E-state index contributed by atoms with van der Waals surface area (Å²) in [5.74, 6) is 1.70. The molecule has 0 aromatic rings. The molecule has 4 aliphatic rings. The molecular formula is C17H25NO4. The molecule has 2 saturated heterocycles. The summed E-state index contributed by atoms with van der Waals surface area (Å²) in [6.45, 7) is 2.13. The van der Waals surface area contributed by atoms with Crippen LogP contribution >= 0.6 is 0 Å². The number of fused-ring (bicyclic) bond motifs is 1. The highest BCUT2D eigenvalue weighted by Gasteiger charge is 2.56. The maximum absolute atomic E-state index is 13.0. The van der Waals surface area contributed by atoms with Gasteiger partial charge in [-0.1, -0.05) is 0 Å². The first-order chi connectivity index (χ1) is 10.6. The van der Waals surface area contributed by atoms with Crippen LogP contribution in [0.3, 0.4) is 0 Å². The summed E-state index contributed by atoms with van der Waals surface area (Å²) in [6, 6.07) is 0.315. The number of likely N-dealkylation sites (tertiary alicyclic amines) is 1. The van der Waals surface area contributed by atoms with E-state index in [0.29, 0.717) is 18.2 Å². The van der Waals surface area contributed by atoms with E-state index < -0.39 is 6.10 Å². The lowest BCUT2D eigenvalue weighted by Gasteiger charge is -2.41. The SMILES string of the molecule is COC(=O)C1CC2C(CCC(C)N2C(=O)C2CC2C2CC2)O1. The van der Waals surface area contributed by atoms with Crippen LogP contribution < -0.4 is 0 Å². The van der Waals surface area contributed by atoms with Crippen LogP contribution in [-0.4, -0.2) is 48.2 Å². The van der Waals surface area contributed by atoms with Crippen molar-refractivity contribution in [3.05, 3.63) is 0 Å². The molecule has 2 saturated carbocycles. The van der Waals surface area contributed by atoms with Crippen LogP contribution in [0.1, 0.15) is 45.4 Å². The predicted octanol–water partition coefficient (Wildman–Crippen LogP) is 1.74. The Morgan fingerprint density at radius 3 is 2.59 bits per heavy atom. The first-order valence-electron chi connectivity index (χ1n) is 8.65. The molecule has 0 aromatic heterocycles. The van der Waals surface area contributed by atoms with E-state index in [9.17, 15) is 9.59 Å². The van der Waals surface area contributed by atoms with Crippen LogP contribution in [0.25, 0.3) is 0 Å². The second kappa shape index (κ2) is 5.22. The maximum Gasteiger partial charge on any atom is 0.335 e. The molecule has 1 amide bonds. The first-order valence-corrected chi connectivity index (χ1v) is 8.65. The molecular weight excluding hydrogens is 282 g/mol. The van der Waals surface area contributed by atoms with Gasteiger partial charge in [-0.15, -0.1) is 0 Å². The molecule has 2 heterocycles. The second-order valence-corrected chi connectivity index (χ2v) is 7.50. The van der Waals surface area contributed by atoms with Gasteiger partial charge in [-0.2, -0.15) is 0 Å². The molecule has 4 rings (SSSR count). The molecule has 6 unspecified atom stereocenters. The van der Waals surface area contributed by atoms with Crippen molar-refractivity contribution in [1.82, 2.24) is 4.90 Å². The highest BCUT2D eigenvalue weighted by molar-refractivity contribution is 5.83. The Bertz CT molecular complexity index is 489. The third-order valence-electron chi connectivity index (χ3n) is 6.03. The van der Waals surface area contributed by atoms with Crippen LogP contribution in [0.2, 0.25) is 0 Å². The van der Waals surface area contributed by atoms with Gasteiger partial charge >= 0.3 is 5.97 Å². The van der Waals surface area contributed by atoms with E-state index in [-0.39, 0.29) is 30.1 Å². The van der Waals surface area contributed by atoms with Gasteiger partial charge < -0.3 is 14.4 Å². The standard InChI is InChI=1S/C17H25NO4/c1-9-3-6-14-13(8-15(22-14)17(20)21-2)18(9)16(19)12-7-11(12)10-4-5-10/h9-15H,3-8H2,1-2H3. The number of hydrogen-bond donors (Lipinski definition) is 0. The number of rotatable bonds is 3. The van der Waals surface area contributed by atoms with E-state index in [4.69, 9.17) is 9.47 Å². The Hall–Kier alpha value is -1.10. The number of ether oxygens (including phenoxy) is 2. The van der Waals surface area contributed by atoms with Crippen molar-refractivity contribution in [3.8, 4) is 0 Å². The molecule has 6 atom stereocenters. The third kappa shape index (κ3) is 2.34. The summed E-state index contributed by atoms with van der Waals surface area (Å²) in [5.41, 5.74) is 0. The van der Waals surface area contributed by atoms with Gasteiger partial charge in [0.25, 0.3) is 0 Å². The molecule has 0 bridgehead atoms. The number of piperidine rings is 1. The molecule has 0 aromatic carbocycles. The van der Waals surface area contributed by atoms with E-state index in [1.54, 1.807) is 0 Å². The van der Waals surface area contributed by atoms with Crippen LogP contribution in [0, 0.1) is 17.8 Å². The number of methoxy groups -OCH3 is 1. The first kappa shape index (κ1) is 14.5. The van der Waals surface area contributed by atoms with Crippen LogP contribution in [0.15, 0.2) is 0 Å². The zero-order valence-corrected chi connectivity index (χ0v) is 13.4. The third-order valence-corrected chi connectivity index (χ3v) is 6.03. The molecule has 2 aliphatic heterocycles. The van der Waals surface area contributed by atoms with Gasteiger partial charge in [0.05, 0.1) is 19.3 Å². The van der Waals surface area contributed by atoms with Gasteiger partial charge in [0.2, 0.25) is 5.91 Å². The molecule has 2 aliphatic carbocycles. The minimum atomic E-state index is -0.501. The average Bonchev–Trinajstić information content (AvgIpc) is 3.40. The average molecular weight is 307 g/mol. The lowest BCUT2D eigenvalue weighted by atomic mass is 9.92. The summed E-state index contributed by atoms with van der Waals surface area (Å²) in [7, 11) is 1.39. The Labute approximate surface area is 131 Å². The topological polar surface area (TPSA) is 55.8 Å². The van der Waals surface area contributed by atoms with Gasteiger partial charge in [-0.3, -0.25) is 4.79 Å². The zero-order chi connectivity index (χ0) is 15.4. The number of esters is 1. The summed E-state index contributed by atoms with van der Waals surface area (Å²) < 4.78 is 10.7. The van der Waals surface area contributed by atoms with Gasteiger partial charge in [-0.05, 0) is 50.9 Å². The molecule has 5 nitrogen and oxygen atoms in total. The summed E-state index contributed by atoms with van der Waals surface area (Å²) in [6.07, 6.45) is 5.68. The summed E-state index contributed by atoms with van der Waals surface area (Å²) in [5, 5.41) is 0. The van der Waals surface area contributed by atoms with Crippen molar-refractivity contribution in [2.45, 2.75) is 69.7 Å². The summed E-state index contributed by atoms with van der Waals surface area (Å²) in [4.78, 5) is 26.8. The normalized spacial score (nSPS) is 43.6.